The van der Waals surface area contributed by atoms with Gasteiger partial charge in [0.1, 0.15) is 5.75 Å². The minimum atomic E-state index is 0.118. The number of hydrogen-bond donors (Lipinski definition) is 0. The zero-order chi connectivity index (χ0) is 12.8. The van der Waals surface area contributed by atoms with Crippen LogP contribution < -0.4 is 4.74 Å². The Kier molecular flexibility index (Phi) is 5.51. The Morgan fingerprint density at radius 2 is 2.06 bits per heavy atom. The molecule has 2 aromatic rings. The van der Waals surface area contributed by atoms with E-state index in [0.29, 0.717) is 11.5 Å². The highest BCUT2D eigenvalue weighted by molar-refractivity contribution is 9.10. The molecule has 0 saturated carbocycles. The fraction of sp³-hybridized carbons (Fsp3) is 0.250. The summed E-state index contributed by atoms with van der Waals surface area (Å²) in [5.41, 5.74) is 0.811. The largest absolute Gasteiger partial charge is 0.495 e. The fourth-order valence-corrected chi connectivity index (χ4v) is 1.95. The van der Waals surface area contributed by atoms with Crippen molar-refractivity contribution in [3.8, 4) is 17.1 Å². The summed E-state index contributed by atoms with van der Waals surface area (Å²) in [7, 11) is 1.60. The van der Waals surface area contributed by atoms with Crippen molar-refractivity contribution in [2.45, 2.75) is 13.8 Å². The molecular weight excluding hydrogens is 305 g/mol. The summed E-state index contributed by atoms with van der Waals surface area (Å²) in [6, 6.07) is 5.65. The van der Waals surface area contributed by atoms with E-state index in [-0.39, 0.29) is 5.35 Å². The fourth-order valence-electron chi connectivity index (χ4n) is 1.29. The second-order valence-corrected chi connectivity index (χ2v) is 3.98. The van der Waals surface area contributed by atoms with Gasteiger partial charge in [-0.25, -0.2) is 4.98 Å². The second-order valence-electron chi connectivity index (χ2n) is 2.80. The average Bonchev–Trinajstić information content (AvgIpc) is 2.78. The van der Waals surface area contributed by atoms with Crippen molar-refractivity contribution >= 4 is 27.5 Å². The molecule has 17 heavy (non-hydrogen) atoms. The van der Waals surface area contributed by atoms with Crippen LogP contribution in [0.2, 0.25) is 5.35 Å². The van der Waals surface area contributed by atoms with Crippen LogP contribution in [0, 0.1) is 0 Å². The highest BCUT2D eigenvalue weighted by atomic mass is 79.9. The lowest BCUT2D eigenvalue weighted by molar-refractivity contribution is 0.412. The summed E-state index contributed by atoms with van der Waals surface area (Å²) in [6.07, 6.45) is 1.56. The van der Waals surface area contributed by atoms with Crippen molar-refractivity contribution < 1.29 is 9.15 Å². The molecule has 1 aromatic heterocycles. The molecule has 2 rings (SSSR count). The molecule has 5 heteroatoms. The molecule has 0 spiro atoms. The average molecular weight is 319 g/mol. The maximum absolute atomic E-state index is 5.62. The van der Waals surface area contributed by atoms with Crippen molar-refractivity contribution in [3.05, 3.63) is 34.2 Å². The van der Waals surface area contributed by atoms with Gasteiger partial charge in [0.15, 0.2) is 5.76 Å². The van der Waals surface area contributed by atoms with Gasteiger partial charge in [0, 0.05) is 0 Å². The first-order valence-corrected chi connectivity index (χ1v) is 6.33. The molecule has 0 fully saturated rings. The van der Waals surface area contributed by atoms with Crippen LogP contribution in [0.4, 0.5) is 0 Å². The summed E-state index contributed by atoms with van der Waals surface area (Å²) in [5.74, 6) is 1.28. The third-order valence-electron chi connectivity index (χ3n) is 1.91. The molecule has 3 nitrogen and oxygen atoms in total. The number of oxazole rings is 1. The standard InChI is InChI=1S/C10H7BrClNO2.C2H6/c1-14-9-6(3-2-4-7(9)11)8-5-13-10(12)15-8;1-2/h2-5H,1H3;1-2H3. The smallest absolute Gasteiger partial charge is 0.292 e. The van der Waals surface area contributed by atoms with Crippen molar-refractivity contribution in [3.63, 3.8) is 0 Å². The Hall–Kier alpha value is -1.000. The number of ether oxygens (including phenoxy) is 1. The first kappa shape index (κ1) is 14.1. The van der Waals surface area contributed by atoms with E-state index in [9.17, 15) is 0 Å². The number of hydrogen-bond acceptors (Lipinski definition) is 3. The van der Waals surface area contributed by atoms with Crippen LogP contribution in [0.1, 0.15) is 13.8 Å². The molecule has 1 heterocycles. The normalized spacial score (nSPS) is 9.47. The summed E-state index contributed by atoms with van der Waals surface area (Å²) < 4.78 is 11.3. The van der Waals surface area contributed by atoms with Crippen molar-refractivity contribution in [1.82, 2.24) is 4.98 Å². The maximum Gasteiger partial charge on any atom is 0.292 e. The Bertz CT molecular complexity index is 485. The molecule has 1 aromatic carbocycles. The van der Waals surface area contributed by atoms with E-state index in [1.54, 1.807) is 13.3 Å². The first-order valence-electron chi connectivity index (χ1n) is 5.16. The van der Waals surface area contributed by atoms with Gasteiger partial charge in [0.2, 0.25) is 0 Å². The zero-order valence-electron chi connectivity index (χ0n) is 9.83. The SMILES string of the molecule is CC.COc1c(Br)cccc1-c1cnc(Cl)o1. The molecule has 0 unspecified atom stereocenters. The summed E-state index contributed by atoms with van der Waals surface area (Å²) >= 11 is 9.01. The molecule has 0 aliphatic heterocycles. The minimum Gasteiger partial charge on any atom is -0.495 e. The zero-order valence-corrected chi connectivity index (χ0v) is 12.2. The molecule has 0 atom stereocenters. The van der Waals surface area contributed by atoms with Crippen molar-refractivity contribution in [2.75, 3.05) is 7.11 Å². The van der Waals surface area contributed by atoms with E-state index in [2.05, 4.69) is 20.9 Å². The van der Waals surface area contributed by atoms with Crippen LogP contribution in [0.25, 0.3) is 11.3 Å². The van der Waals surface area contributed by atoms with Crippen LogP contribution in [0.3, 0.4) is 0 Å². The van der Waals surface area contributed by atoms with Crippen molar-refractivity contribution in [2.24, 2.45) is 0 Å². The van der Waals surface area contributed by atoms with Crippen LogP contribution >= 0.6 is 27.5 Å². The van der Waals surface area contributed by atoms with E-state index in [0.717, 1.165) is 10.0 Å². The monoisotopic (exact) mass is 317 g/mol. The lowest BCUT2D eigenvalue weighted by atomic mass is 10.1. The summed E-state index contributed by atoms with van der Waals surface area (Å²) in [4.78, 5) is 3.83. The Morgan fingerprint density at radius 3 is 2.59 bits per heavy atom. The lowest BCUT2D eigenvalue weighted by Gasteiger charge is -2.07. The van der Waals surface area contributed by atoms with Crippen molar-refractivity contribution in [1.29, 1.82) is 0 Å². The van der Waals surface area contributed by atoms with Crippen LogP contribution in [0.15, 0.2) is 33.3 Å². The molecule has 0 aliphatic rings. The number of rotatable bonds is 2. The van der Waals surface area contributed by atoms with Crippen LogP contribution in [0.5, 0.6) is 5.75 Å². The molecule has 0 amide bonds. The Labute approximate surface area is 114 Å². The predicted octanol–water partition coefficient (Wildman–Crippen LogP) is 4.79. The number of halogens is 2. The number of nitrogens with zero attached hydrogens (tertiary/aromatic N) is 1. The molecular formula is C12H13BrClNO2. The van der Waals surface area contributed by atoms with E-state index < -0.39 is 0 Å². The molecule has 0 N–H and O–H groups in total. The highest BCUT2D eigenvalue weighted by Crippen LogP contribution is 2.36. The minimum absolute atomic E-state index is 0.118. The van der Waals surface area contributed by atoms with Gasteiger partial charge in [0.05, 0.1) is 23.3 Å². The summed E-state index contributed by atoms with van der Waals surface area (Å²) in [6.45, 7) is 4.00. The first-order chi connectivity index (χ1) is 8.22. The molecule has 92 valence electrons. The van der Waals surface area contributed by atoms with Gasteiger partial charge in [0.25, 0.3) is 5.35 Å². The van der Waals surface area contributed by atoms with Gasteiger partial charge in [-0.2, -0.15) is 0 Å². The summed E-state index contributed by atoms with van der Waals surface area (Å²) in [5, 5.41) is 0.118. The quantitative estimate of drug-likeness (QED) is 0.798. The van der Waals surface area contributed by atoms with Gasteiger partial charge in [-0.1, -0.05) is 19.9 Å². The number of para-hydroxylation sites is 1. The Balaban J connectivity index is 0.000000686. The van der Waals surface area contributed by atoms with Gasteiger partial charge >= 0.3 is 0 Å². The van der Waals surface area contributed by atoms with E-state index in [1.807, 2.05) is 32.0 Å². The second kappa shape index (κ2) is 6.67. The molecule has 0 aliphatic carbocycles. The number of aromatic nitrogens is 1. The third kappa shape index (κ3) is 3.23. The van der Waals surface area contributed by atoms with E-state index >= 15 is 0 Å². The molecule has 0 bridgehead atoms. The predicted molar refractivity (Wildman–Crippen MR) is 72.5 cm³/mol. The van der Waals surface area contributed by atoms with Gasteiger partial charge in [-0.3, -0.25) is 0 Å². The van der Waals surface area contributed by atoms with Gasteiger partial charge < -0.3 is 9.15 Å². The number of methoxy groups -OCH3 is 1. The van der Waals surface area contributed by atoms with E-state index in [1.165, 1.54) is 0 Å². The van der Waals surface area contributed by atoms with Crippen LogP contribution in [-0.2, 0) is 0 Å². The topological polar surface area (TPSA) is 35.3 Å². The molecule has 0 saturated heterocycles. The third-order valence-corrected chi connectivity index (χ3v) is 2.71. The lowest BCUT2D eigenvalue weighted by Crippen LogP contribution is -1.87. The maximum atomic E-state index is 5.62. The van der Waals surface area contributed by atoms with E-state index in [4.69, 9.17) is 20.8 Å². The van der Waals surface area contributed by atoms with Gasteiger partial charge in [-0.05, 0) is 39.7 Å². The van der Waals surface area contributed by atoms with Gasteiger partial charge in [-0.15, -0.1) is 0 Å². The Morgan fingerprint density at radius 1 is 1.35 bits per heavy atom. The highest BCUT2D eigenvalue weighted by Gasteiger charge is 2.12. The molecule has 0 radical (unpaired) electrons. The van der Waals surface area contributed by atoms with Crippen LogP contribution in [-0.4, -0.2) is 12.1 Å². The number of benzene rings is 1.